The zero-order valence-electron chi connectivity index (χ0n) is 8.51. The van der Waals surface area contributed by atoms with E-state index >= 15 is 0 Å². The van der Waals surface area contributed by atoms with Crippen molar-refractivity contribution in [2.45, 2.75) is 38.2 Å². The highest BCUT2D eigenvalue weighted by atomic mass is 79.9. The summed E-state index contributed by atoms with van der Waals surface area (Å²) in [5.41, 5.74) is 0. The molecule has 1 saturated carbocycles. The van der Waals surface area contributed by atoms with Crippen LogP contribution >= 0.6 is 15.9 Å². The van der Waals surface area contributed by atoms with Crippen LogP contribution in [0.3, 0.4) is 0 Å². The lowest BCUT2D eigenvalue weighted by Crippen LogP contribution is -2.19. The first kappa shape index (κ1) is 10.9. The van der Waals surface area contributed by atoms with Crippen LogP contribution in [0.1, 0.15) is 32.1 Å². The average molecular weight is 273 g/mol. The maximum Gasteiger partial charge on any atom is 0.137 e. The summed E-state index contributed by atoms with van der Waals surface area (Å²) in [6.07, 6.45) is 6.35. The number of hydrogen-bond donors (Lipinski definition) is 0. The van der Waals surface area contributed by atoms with Crippen LogP contribution in [0, 0.1) is 5.82 Å². The first-order valence-electron chi connectivity index (χ1n) is 5.37. The van der Waals surface area contributed by atoms with Gasteiger partial charge in [0.15, 0.2) is 0 Å². The molecule has 0 amide bonds. The van der Waals surface area contributed by atoms with Gasteiger partial charge < -0.3 is 4.74 Å². The van der Waals surface area contributed by atoms with Gasteiger partial charge in [0.25, 0.3) is 0 Å². The van der Waals surface area contributed by atoms with E-state index in [-0.39, 0.29) is 5.82 Å². The topological polar surface area (TPSA) is 9.23 Å². The van der Waals surface area contributed by atoms with Crippen LogP contribution in [-0.4, -0.2) is 6.10 Å². The molecular weight excluding hydrogens is 259 g/mol. The normalized spacial score (nSPS) is 17.7. The molecule has 82 valence electrons. The van der Waals surface area contributed by atoms with Crippen molar-refractivity contribution in [2.24, 2.45) is 0 Å². The second-order valence-electron chi connectivity index (χ2n) is 3.95. The molecule has 1 aliphatic carbocycles. The average Bonchev–Trinajstić information content (AvgIpc) is 2.25. The summed E-state index contributed by atoms with van der Waals surface area (Å²) < 4.78 is 19.2. The molecule has 1 aliphatic rings. The molecule has 1 aromatic rings. The summed E-state index contributed by atoms with van der Waals surface area (Å²) in [6, 6.07) is 4.82. The maximum absolute atomic E-state index is 13.0. The van der Waals surface area contributed by atoms with Crippen molar-refractivity contribution in [3.63, 3.8) is 0 Å². The summed E-state index contributed by atoms with van der Waals surface area (Å²) in [4.78, 5) is 0. The van der Waals surface area contributed by atoms with E-state index in [0.717, 1.165) is 18.6 Å². The van der Waals surface area contributed by atoms with Crippen LogP contribution in [0.25, 0.3) is 0 Å². The molecule has 1 aromatic carbocycles. The van der Waals surface area contributed by atoms with Crippen molar-refractivity contribution in [2.75, 3.05) is 0 Å². The highest BCUT2D eigenvalue weighted by molar-refractivity contribution is 9.10. The number of hydrogen-bond acceptors (Lipinski definition) is 1. The predicted octanol–water partition coefficient (Wildman–Crippen LogP) is 4.30. The van der Waals surface area contributed by atoms with Gasteiger partial charge in [0.2, 0.25) is 0 Å². The summed E-state index contributed by atoms with van der Waals surface area (Å²) in [6.45, 7) is 0. The minimum absolute atomic E-state index is 0.244. The molecule has 0 unspecified atom stereocenters. The number of benzene rings is 1. The quantitative estimate of drug-likeness (QED) is 0.780. The van der Waals surface area contributed by atoms with E-state index in [2.05, 4.69) is 15.9 Å². The van der Waals surface area contributed by atoms with Gasteiger partial charge in [-0.15, -0.1) is 0 Å². The highest BCUT2D eigenvalue weighted by Crippen LogP contribution is 2.26. The Bertz CT molecular complexity index is 334. The van der Waals surface area contributed by atoms with Crippen LogP contribution < -0.4 is 4.74 Å². The third kappa shape index (κ3) is 2.94. The van der Waals surface area contributed by atoms with E-state index in [0.29, 0.717) is 10.6 Å². The van der Waals surface area contributed by atoms with Crippen LogP contribution in [0.5, 0.6) is 5.75 Å². The predicted molar refractivity (Wildman–Crippen MR) is 61.6 cm³/mol. The first-order valence-corrected chi connectivity index (χ1v) is 6.17. The number of rotatable bonds is 2. The molecule has 0 bridgehead atoms. The van der Waals surface area contributed by atoms with Crippen LogP contribution in [-0.2, 0) is 0 Å². The third-order valence-corrected chi connectivity index (χ3v) is 3.35. The third-order valence-electron chi connectivity index (χ3n) is 2.75. The molecule has 0 radical (unpaired) electrons. The van der Waals surface area contributed by atoms with E-state index < -0.39 is 0 Å². The molecule has 0 aromatic heterocycles. The SMILES string of the molecule is Fc1ccc(OC2CCCCC2)cc1Br. The fourth-order valence-corrected chi connectivity index (χ4v) is 2.28. The van der Waals surface area contributed by atoms with Crippen molar-refractivity contribution in [3.05, 3.63) is 28.5 Å². The minimum Gasteiger partial charge on any atom is -0.490 e. The van der Waals surface area contributed by atoms with Crippen LogP contribution in [0.4, 0.5) is 4.39 Å². The fraction of sp³-hybridized carbons (Fsp3) is 0.500. The molecule has 2 rings (SSSR count). The molecule has 0 saturated heterocycles. The zero-order chi connectivity index (χ0) is 10.7. The smallest absolute Gasteiger partial charge is 0.137 e. The maximum atomic E-state index is 13.0. The monoisotopic (exact) mass is 272 g/mol. The summed E-state index contributed by atoms with van der Waals surface area (Å²) in [5.74, 6) is 0.515. The largest absolute Gasteiger partial charge is 0.490 e. The summed E-state index contributed by atoms with van der Waals surface area (Å²) in [7, 11) is 0. The van der Waals surface area contributed by atoms with Crippen LogP contribution in [0.15, 0.2) is 22.7 Å². The van der Waals surface area contributed by atoms with Crippen molar-refractivity contribution < 1.29 is 9.13 Å². The number of ether oxygens (including phenoxy) is 1. The standard InChI is InChI=1S/C12H14BrFO/c13-11-8-10(6-7-12(11)14)15-9-4-2-1-3-5-9/h6-9H,1-5H2. The van der Waals surface area contributed by atoms with Gasteiger partial charge in [-0.1, -0.05) is 6.42 Å². The Labute approximate surface area is 97.8 Å². The Morgan fingerprint density at radius 1 is 1.20 bits per heavy atom. The molecule has 0 N–H and O–H groups in total. The van der Waals surface area contributed by atoms with Gasteiger partial charge in [0.1, 0.15) is 11.6 Å². The van der Waals surface area contributed by atoms with Gasteiger partial charge in [-0.3, -0.25) is 0 Å². The summed E-state index contributed by atoms with van der Waals surface area (Å²) >= 11 is 3.16. The second kappa shape index (κ2) is 4.97. The fourth-order valence-electron chi connectivity index (χ4n) is 1.93. The van der Waals surface area contributed by atoms with E-state index in [1.165, 1.54) is 25.3 Å². The molecule has 0 spiro atoms. The molecular formula is C12H14BrFO. The lowest BCUT2D eigenvalue weighted by atomic mass is 9.98. The zero-order valence-corrected chi connectivity index (χ0v) is 10.1. The lowest BCUT2D eigenvalue weighted by Gasteiger charge is -2.23. The molecule has 1 nitrogen and oxygen atoms in total. The van der Waals surface area contributed by atoms with E-state index in [4.69, 9.17) is 4.74 Å². The molecule has 15 heavy (non-hydrogen) atoms. The Kier molecular flexibility index (Phi) is 3.62. The van der Waals surface area contributed by atoms with E-state index in [1.54, 1.807) is 12.1 Å². The number of halogens is 2. The summed E-state index contributed by atoms with van der Waals surface area (Å²) in [5, 5.41) is 0. The van der Waals surface area contributed by atoms with Crippen molar-refractivity contribution in [3.8, 4) is 5.75 Å². The molecule has 0 heterocycles. The van der Waals surface area contributed by atoms with Gasteiger partial charge in [0, 0.05) is 0 Å². The van der Waals surface area contributed by atoms with Gasteiger partial charge >= 0.3 is 0 Å². The van der Waals surface area contributed by atoms with Crippen molar-refractivity contribution in [1.82, 2.24) is 0 Å². The second-order valence-corrected chi connectivity index (χ2v) is 4.81. The van der Waals surface area contributed by atoms with Gasteiger partial charge in [-0.05, 0) is 59.8 Å². The first-order chi connectivity index (χ1) is 7.25. The molecule has 3 heteroatoms. The lowest BCUT2D eigenvalue weighted by molar-refractivity contribution is 0.155. The van der Waals surface area contributed by atoms with Gasteiger partial charge in [-0.2, -0.15) is 0 Å². The Morgan fingerprint density at radius 2 is 1.93 bits per heavy atom. The Hall–Kier alpha value is -0.570. The Balaban J connectivity index is 2.00. The Morgan fingerprint density at radius 3 is 2.60 bits per heavy atom. The van der Waals surface area contributed by atoms with Crippen molar-refractivity contribution >= 4 is 15.9 Å². The van der Waals surface area contributed by atoms with Crippen molar-refractivity contribution in [1.29, 1.82) is 0 Å². The highest BCUT2D eigenvalue weighted by Gasteiger charge is 2.15. The van der Waals surface area contributed by atoms with Gasteiger partial charge in [-0.25, -0.2) is 4.39 Å². The van der Waals surface area contributed by atoms with Gasteiger partial charge in [0.05, 0.1) is 10.6 Å². The van der Waals surface area contributed by atoms with Crippen LogP contribution in [0.2, 0.25) is 0 Å². The van der Waals surface area contributed by atoms with E-state index in [1.807, 2.05) is 0 Å². The minimum atomic E-state index is -0.244. The molecule has 1 fully saturated rings. The molecule has 0 aliphatic heterocycles. The molecule has 0 atom stereocenters. The van der Waals surface area contributed by atoms with E-state index in [9.17, 15) is 4.39 Å².